The average molecular weight is 454 g/mol. The predicted molar refractivity (Wildman–Crippen MR) is 102 cm³/mol. The van der Waals surface area contributed by atoms with E-state index >= 15 is 0 Å². The number of aromatic nitrogens is 4. The van der Waals surface area contributed by atoms with Gasteiger partial charge < -0.3 is 15.8 Å². The van der Waals surface area contributed by atoms with E-state index < -0.39 is 47.3 Å². The van der Waals surface area contributed by atoms with Gasteiger partial charge in [-0.25, -0.2) is 18.2 Å². The van der Waals surface area contributed by atoms with Gasteiger partial charge in [0.25, 0.3) is 0 Å². The molecule has 0 aliphatic heterocycles. The Bertz CT molecular complexity index is 1340. The molecule has 3 N–H and O–H groups in total. The Morgan fingerprint density at radius 3 is 2.44 bits per heavy atom. The number of hydrogen-bond acceptors (Lipinski definition) is 6. The van der Waals surface area contributed by atoms with Crippen molar-refractivity contribution in [2.45, 2.75) is 13.5 Å². The van der Waals surface area contributed by atoms with E-state index in [1.54, 1.807) is 0 Å². The highest BCUT2D eigenvalue weighted by Crippen LogP contribution is 2.29. The molecule has 0 aliphatic rings. The van der Waals surface area contributed by atoms with Gasteiger partial charge in [-0.2, -0.15) is 23.1 Å². The van der Waals surface area contributed by atoms with Gasteiger partial charge in [0.15, 0.2) is 29.0 Å². The fourth-order valence-corrected chi connectivity index (χ4v) is 3.01. The van der Waals surface area contributed by atoms with Gasteiger partial charge in [-0.3, -0.25) is 4.57 Å². The Morgan fingerprint density at radius 2 is 1.75 bits per heavy atom. The maximum atomic E-state index is 14.5. The number of hydrogen-bond donors (Lipinski definition) is 2. The number of alkyl halides is 2. The summed E-state index contributed by atoms with van der Waals surface area (Å²) in [5.74, 6) is -5.99. The van der Waals surface area contributed by atoms with Crippen LogP contribution in [0.15, 0.2) is 30.3 Å². The summed E-state index contributed by atoms with van der Waals surface area (Å²) < 4.78 is 86.0. The lowest BCUT2D eigenvalue weighted by molar-refractivity contribution is -0.0521. The molecule has 0 saturated carbocycles. The number of imidazole rings is 1. The lowest BCUT2D eigenvalue weighted by Gasteiger charge is -2.13. The van der Waals surface area contributed by atoms with Gasteiger partial charge in [-0.15, -0.1) is 0 Å². The van der Waals surface area contributed by atoms with Crippen molar-refractivity contribution in [2.75, 3.05) is 11.1 Å². The third-order valence-corrected chi connectivity index (χ3v) is 4.32. The first-order valence-corrected chi connectivity index (χ1v) is 8.83. The SMILES string of the molecule is Cc1nc2c(F)cc(F)cc2n1-c1nc(N)c(F)c(Nc2ccc(OC(F)F)c(F)c2)n1. The van der Waals surface area contributed by atoms with Gasteiger partial charge in [-0.1, -0.05) is 0 Å². The summed E-state index contributed by atoms with van der Waals surface area (Å²) >= 11 is 0. The number of ether oxygens (including phenoxy) is 1. The van der Waals surface area contributed by atoms with Gasteiger partial charge in [0.1, 0.15) is 17.2 Å². The third kappa shape index (κ3) is 3.84. The van der Waals surface area contributed by atoms with Crippen LogP contribution in [0.2, 0.25) is 0 Å². The Balaban J connectivity index is 1.78. The second-order valence-corrected chi connectivity index (χ2v) is 6.47. The standard InChI is InChI=1S/C19H12F6N6O/c1-7-27-15-11(22)4-8(20)5-12(15)31(7)19-29-16(26)14(23)17(30-19)28-9-2-3-13(10(21)6-9)32-18(24)25/h2-6,18H,1H3,(H3,26,28,29,30). The molecule has 0 aliphatic carbocycles. The normalized spacial score (nSPS) is 11.4. The average Bonchev–Trinajstić information content (AvgIpc) is 3.03. The topological polar surface area (TPSA) is 90.9 Å². The van der Waals surface area contributed by atoms with Crippen molar-refractivity contribution in [3.63, 3.8) is 0 Å². The Hall–Kier alpha value is -4.03. The lowest BCUT2D eigenvalue weighted by Crippen LogP contribution is -2.11. The first-order valence-electron chi connectivity index (χ1n) is 8.83. The maximum absolute atomic E-state index is 14.5. The molecular formula is C19H12F6N6O. The molecule has 2 heterocycles. The van der Waals surface area contributed by atoms with Crippen LogP contribution in [0.4, 0.5) is 43.7 Å². The van der Waals surface area contributed by atoms with E-state index in [2.05, 4.69) is 25.0 Å². The van der Waals surface area contributed by atoms with Gasteiger partial charge in [-0.05, 0) is 19.1 Å². The summed E-state index contributed by atoms with van der Waals surface area (Å²) in [6.07, 6.45) is 0. The van der Waals surface area contributed by atoms with Crippen molar-refractivity contribution in [1.82, 2.24) is 19.5 Å². The molecule has 13 heteroatoms. The van der Waals surface area contributed by atoms with Gasteiger partial charge in [0, 0.05) is 23.9 Å². The Kier molecular flexibility index (Phi) is 5.24. The van der Waals surface area contributed by atoms with E-state index in [1.807, 2.05) is 0 Å². The minimum absolute atomic E-state index is 0.0310. The summed E-state index contributed by atoms with van der Waals surface area (Å²) in [7, 11) is 0. The molecule has 4 rings (SSSR count). The van der Waals surface area contributed by atoms with E-state index in [1.165, 1.54) is 6.92 Å². The molecule has 0 atom stereocenters. The van der Waals surface area contributed by atoms with Gasteiger partial charge >= 0.3 is 6.61 Å². The Labute approximate surface area is 175 Å². The number of anilines is 3. The lowest BCUT2D eigenvalue weighted by atomic mass is 10.3. The molecular weight excluding hydrogens is 442 g/mol. The van der Waals surface area contributed by atoms with E-state index in [9.17, 15) is 26.3 Å². The molecule has 0 spiro atoms. The second-order valence-electron chi connectivity index (χ2n) is 6.47. The molecule has 0 unspecified atom stereocenters. The van der Waals surface area contributed by atoms with Crippen LogP contribution in [0, 0.1) is 30.2 Å². The number of nitrogens with zero attached hydrogens (tertiary/aromatic N) is 4. The summed E-state index contributed by atoms with van der Waals surface area (Å²) in [5.41, 5.74) is 5.35. The van der Waals surface area contributed by atoms with Crippen LogP contribution in [0.1, 0.15) is 5.82 Å². The molecule has 4 aromatic rings. The van der Waals surface area contributed by atoms with Crippen molar-refractivity contribution in [1.29, 1.82) is 0 Å². The summed E-state index contributed by atoms with van der Waals surface area (Å²) in [4.78, 5) is 11.8. The molecule has 0 radical (unpaired) electrons. The van der Waals surface area contributed by atoms with E-state index in [0.717, 1.165) is 28.8 Å². The monoisotopic (exact) mass is 454 g/mol. The number of halogens is 6. The van der Waals surface area contributed by atoms with Crippen LogP contribution < -0.4 is 15.8 Å². The molecule has 0 bridgehead atoms. The summed E-state index contributed by atoms with van der Waals surface area (Å²) in [6, 6.07) is 4.47. The number of benzene rings is 2. The molecule has 32 heavy (non-hydrogen) atoms. The summed E-state index contributed by atoms with van der Waals surface area (Å²) in [5, 5.41) is 2.46. The fourth-order valence-electron chi connectivity index (χ4n) is 3.01. The van der Waals surface area contributed by atoms with Crippen molar-refractivity contribution in [3.05, 3.63) is 59.4 Å². The second kappa shape index (κ2) is 7.90. The first kappa shape index (κ1) is 21.2. The van der Waals surface area contributed by atoms with Crippen LogP contribution in [0.25, 0.3) is 17.0 Å². The number of fused-ring (bicyclic) bond motifs is 1. The highest BCUT2D eigenvalue weighted by molar-refractivity contribution is 5.78. The van der Waals surface area contributed by atoms with E-state index in [4.69, 9.17) is 5.73 Å². The maximum Gasteiger partial charge on any atom is 0.387 e. The molecule has 0 saturated heterocycles. The largest absolute Gasteiger partial charge is 0.432 e. The summed E-state index contributed by atoms with van der Waals surface area (Å²) in [6.45, 7) is -1.77. The predicted octanol–water partition coefficient (Wildman–Crippen LogP) is 4.61. The van der Waals surface area contributed by atoms with Crippen LogP contribution in [-0.2, 0) is 0 Å². The van der Waals surface area contributed by atoms with Crippen LogP contribution in [0.3, 0.4) is 0 Å². The number of rotatable bonds is 5. The highest BCUT2D eigenvalue weighted by atomic mass is 19.3. The van der Waals surface area contributed by atoms with Crippen LogP contribution >= 0.6 is 0 Å². The zero-order valence-electron chi connectivity index (χ0n) is 16.0. The zero-order chi connectivity index (χ0) is 23.2. The van der Waals surface area contributed by atoms with Crippen molar-refractivity contribution >= 4 is 28.4 Å². The minimum Gasteiger partial charge on any atom is -0.432 e. The van der Waals surface area contributed by atoms with E-state index in [-0.39, 0.29) is 28.5 Å². The molecule has 166 valence electrons. The van der Waals surface area contributed by atoms with Gasteiger partial charge in [0.2, 0.25) is 11.8 Å². The smallest absolute Gasteiger partial charge is 0.387 e. The molecule has 0 amide bonds. The van der Waals surface area contributed by atoms with Crippen LogP contribution in [0.5, 0.6) is 5.75 Å². The van der Waals surface area contributed by atoms with Crippen LogP contribution in [-0.4, -0.2) is 26.1 Å². The number of nitrogens with one attached hydrogen (secondary N) is 1. The van der Waals surface area contributed by atoms with Gasteiger partial charge in [0.05, 0.1) is 5.52 Å². The fraction of sp³-hybridized carbons (Fsp3) is 0.105. The molecule has 2 aromatic heterocycles. The van der Waals surface area contributed by atoms with Crippen molar-refractivity contribution in [2.24, 2.45) is 0 Å². The Morgan fingerprint density at radius 1 is 1.00 bits per heavy atom. The zero-order valence-corrected chi connectivity index (χ0v) is 16.0. The van der Waals surface area contributed by atoms with Crippen molar-refractivity contribution in [3.8, 4) is 11.7 Å². The number of aryl methyl sites for hydroxylation is 1. The van der Waals surface area contributed by atoms with Crippen molar-refractivity contribution < 1.29 is 31.1 Å². The van der Waals surface area contributed by atoms with E-state index in [0.29, 0.717) is 6.07 Å². The first-order chi connectivity index (χ1) is 15.1. The molecule has 0 fully saturated rings. The third-order valence-electron chi connectivity index (χ3n) is 4.32. The molecule has 2 aromatic carbocycles. The quantitative estimate of drug-likeness (QED) is 0.428. The highest BCUT2D eigenvalue weighted by Gasteiger charge is 2.20. The molecule has 7 nitrogen and oxygen atoms in total. The minimum atomic E-state index is -3.23. The number of nitrogen functional groups attached to an aromatic ring is 1. The number of nitrogens with two attached hydrogens (primary N) is 1.